The van der Waals surface area contributed by atoms with E-state index in [0.29, 0.717) is 5.56 Å². The van der Waals surface area contributed by atoms with E-state index in [2.05, 4.69) is 24.4 Å². The first-order chi connectivity index (χ1) is 11.9. The zero-order chi connectivity index (χ0) is 18.4. The quantitative estimate of drug-likeness (QED) is 0.593. The van der Waals surface area contributed by atoms with Crippen molar-refractivity contribution in [3.8, 4) is 5.75 Å². The molecule has 1 amide bonds. The molecule has 0 aliphatic rings. The van der Waals surface area contributed by atoms with Crippen molar-refractivity contribution in [1.82, 2.24) is 5.32 Å². The predicted octanol–water partition coefficient (Wildman–Crippen LogP) is 2.52. The van der Waals surface area contributed by atoms with E-state index in [9.17, 15) is 15.0 Å². The van der Waals surface area contributed by atoms with Crippen molar-refractivity contribution >= 4 is 5.91 Å². The van der Waals surface area contributed by atoms with Crippen molar-refractivity contribution in [2.45, 2.75) is 44.9 Å². The maximum atomic E-state index is 11.3. The molecule has 0 aromatic heterocycles. The Morgan fingerprint density at radius 3 is 2.48 bits per heavy atom. The van der Waals surface area contributed by atoms with Crippen molar-refractivity contribution in [3.05, 3.63) is 65.2 Å². The number of hydrogen-bond acceptors (Lipinski definition) is 4. The first-order valence-corrected chi connectivity index (χ1v) is 8.49. The topological polar surface area (TPSA) is 95.6 Å². The maximum Gasteiger partial charge on any atom is 0.252 e. The smallest absolute Gasteiger partial charge is 0.252 e. The number of primary amides is 1. The van der Waals surface area contributed by atoms with E-state index in [-0.39, 0.29) is 23.4 Å². The number of aliphatic hydroxyl groups is 1. The van der Waals surface area contributed by atoms with Gasteiger partial charge in [-0.15, -0.1) is 0 Å². The SMILES string of the molecule is CC(CCc1ccccc1)NC(C)C(O)c1ccc(O)c(C(N)=O)c1. The fourth-order valence-corrected chi connectivity index (χ4v) is 2.87. The Morgan fingerprint density at radius 1 is 1.16 bits per heavy atom. The number of aliphatic hydroxyl groups excluding tert-OH is 1. The van der Waals surface area contributed by atoms with E-state index in [0.717, 1.165) is 12.8 Å². The molecule has 2 rings (SSSR count). The molecule has 3 atom stereocenters. The van der Waals surface area contributed by atoms with Crippen LogP contribution in [0.2, 0.25) is 0 Å². The lowest BCUT2D eigenvalue weighted by Gasteiger charge is -2.25. The van der Waals surface area contributed by atoms with Gasteiger partial charge < -0.3 is 21.3 Å². The molecule has 134 valence electrons. The molecule has 2 aromatic rings. The average molecular weight is 342 g/mol. The lowest BCUT2D eigenvalue weighted by molar-refractivity contribution is 0.0996. The molecule has 0 aliphatic carbocycles. The zero-order valence-corrected chi connectivity index (χ0v) is 14.6. The van der Waals surface area contributed by atoms with Crippen molar-refractivity contribution in [2.75, 3.05) is 0 Å². The van der Waals surface area contributed by atoms with Crippen LogP contribution in [0, 0.1) is 0 Å². The van der Waals surface area contributed by atoms with Crippen LogP contribution in [-0.4, -0.2) is 28.2 Å². The van der Waals surface area contributed by atoms with E-state index >= 15 is 0 Å². The molecular weight excluding hydrogens is 316 g/mol. The Kier molecular flexibility index (Phi) is 6.56. The number of carbonyl (C=O) groups excluding carboxylic acids is 1. The first kappa shape index (κ1) is 19.0. The largest absolute Gasteiger partial charge is 0.507 e. The lowest BCUT2D eigenvalue weighted by Crippen LogP contribution is -2.38. The van der Waals surface area contributed by atoms with Gasteiger partial charge >= 0.3 is 0 Å². The summed E-state index contributed by atoms with van der Waals surface area (Å²) in [5.74, 6) is -0.899. The Labute approximate surface area is 148 Å². The minimum absolute atomic E-state index is 0.0147. The molecule has 3 unspecified atom stereocenters. The third-order valence-corrected chi connectivity index (χ3v) is 4.36. The van der Waals surface area contributed by atoms with Crippen LogP contribution in [0.25, 0.3) is 0 Å². The second-order valence-corrected chi connectivity index (χ2v) is 6.47. The number of hydrogen-bond donors (Lipinski definition) is 4. The molecule has 25 heavy (non-hydrogen) atoms. The van der Waals surface area contributed by atoms with Gasteiger partial charge in [-0.3, -0.25) is 4.79 Å². The van der Waals surface area contributed by atoms with Gasteiger partial charge in [0.15, 0.2) is 0 Å². The molecule has 0 saturated heterocycles. The van der Waals surface area contributed by atoms with Gasteiger partial charge in [0, 0.05) is 12.1 Å². The third-order valence-electron chi connectivity index (χ3n) is 4.36. The number of carbonyl (C=O) groups is 1. The van der Waals surface area contributed by atoms with Crippen LogP contribution >= 0.6 is 0 Å². The number of nitrogens with one attached hydrogen (secondary N) is 1. The van der Waals surface area contributed by atoms with Gasteiger partial charge in [-0.25, -0.2) is 0 Å². The second kappa shape index (κ2) is 8.65. The van der Waals surface area contributed by atoms with E-state index in [1.54, 1.807) is 6.07 Å². The van der Waals surface area contributed by atoms with Gasteiger partial charge in [0.1, 0.15) is 5.75 Å². The Morgan fingerprint density at radius 2 is 1.84 bits per heavy atom. The van der Waals surface area contributed by atoms with E-state index in [4.69, 9.17) is 5.73 Å². The molecular formula is C20H26N2O3. The van der Waals surface area contributed by atoms with Crippen molar-refractivity contribution < 1.29 is 15.0 Å². The van der Waals surface area contributed by atoms with Gasteiger partial charge in [-0.05, 0) is 49.9 Å². The summed E-state index contributed by atoms with van der Waals surface area (Å²) in [6, 6.07) is 14.7. The minimum atomic E-state index is -0.808. The van der Waals surface area contributed by atoms with Crippen molar-refractivity contribution in [2.24, 2.45) is 5.73 Å². The molecule has 0 aliphatic heterocycles. The highest BCUT2D eigenvalue weighted by Crippen LogP contribution is 2.24. The Hall–Kier alpha value is -2.37. The minimum Gasteiger partial charge on any atom is -0.507 e. The van der Waals surface area contributed by atoms with E-state index < -0.39 is 12.0 Å². The number of benzene rings is 2. The fourth-order valence-electron chi connectivity index (χ4n) is 2.87. The molecule has 0 fully saturated rings. The first-order valence-electron chi connectivity index (χ1n) is 8.49. The predicted molar refractivity (Wildman–Crippen MR) is 98.4 cm³/mol. The van der Waals surface area contributed by atoms with Crippen molar-refractivity contribution in [3.63, 3.8) is 0 Å². The third kappa shape index (κ3) is 5.31. The highest BCUT2D eigenvalue weighted by Gasteiger charge is 2.20. The Balaban J connectivity index is 1.94. The summed E-state index contributed by atoms with van der Waals surface area (Å²) in [5, 5.41) is 23.6. The summed E-state index contributed by atoms with van der Waals surface area (Å²) in [6.07, 6.45) is 1.10. The van der Waals surface area contributed by atoms with E-state index in [1.807, 2.05) is 25.1 Å². The number of nitrogens with two attached hydrogens (primary N) is 1. The highest BCUT2D eigenvalue weighted by molar-refractivity contribution is 5.95. The summed E-state index contributed by atoms with van der Waals surface area (Å²) in [5.41, 5.74) is 7.08. The van der Waals surface area contributed by atoms with Gasteiger partial charge in [-0.1, -0.05) is 36.4 Å². The van der Waals surface area contributed by atoms with Gasteiger partial charge in [0.05, 0.1) is 11.7 Å². The molecule has 0 heterocycles. The number of aryl methyl sites for hydroxylation is 1. The number of phenols is 1. The second-order valence-electron chi connectivity index (χ2n) is 6.47. The van der Waals surface area contributed by atoms with Crippen LogP contribution in [0.5, 0.6) is 5.75 Å². The number of rotatable bonds is 8. The molecule has 0 radical (unpaired) electrons. The standard InChI is InChI=1S/C20H26N2O3/c1-13(8-9-15-6-4-3-5-7-15)22-14(2)19(24)16-10-11-18(23)17(12-16)20(21)25/h3-7,10-14,19,22-24H,8-9H2,1-2H3,(H2,21,25). The molecule has 0 bridgehead atoms. The fraction of sp³-hybridized carbons (Fsp3) is 0.350. The summed E-state index contributed by atoms with van der Waals surface area (Å²) in [4.78, 5) is 11.3. The lowest BCUT2D eigenvalue weighted by atomic mass is 9.99. The number of amides is 1. The summed E-state index contributed by atoms with van der Waals surface area (Å²) in [6.45, 7) is 3.97. The monoisotopic (exact) mass is 342 g/mol. The van der Waals surface area contributed by atoms with Crippen LogP contribution in [0.4, 0.5) is 0 Å². The van der Waals surface area contributed by atoms with Crippen LogP contribution in [0.3, 0.4) is 0 Å². The van der Waals surface area contributed by atoms with Crippen molar-refractivity contribution in [1.29, 1.82) is 0 Å². The molecule has 5 heteroatoms. The molecule has 5 nitrogen and oxygen atoms in total. The van der Waals surface area contributed by atoms with Crippen LogP contribution < -0.4 is 11.1 Å². The maximum absolute atomic E-state index is 11.3. The van der Waals surface area contributed by atoms with Gasteiger partial charge in [-0.2, -0.15) is 0 Å². The normalized spacial score (nSPS) is 14.7. The molecule has 5 N–H and O–H groups in total. The Bertz CT molecular complexity index is 703. The molecule has 2 aromatic carbocycles. The summed E-state index contributed by atoms with van der Waals surface area (Å²) >= 11 is 0. The molecule has 0 saturated carbocycles. The highest BCUT2D eigenvalue weighted by atomic mass is 16.3. The molecule has 0 spiro atoms. The van der Waals surface area contributed by atoms with E-state index in [1.165, 1.54) is 17.7 Å². The van der Waals surface area contributed by atoms with Crippen LogP contribution in [0.15, 0.2) is 48.5 Å². The van der Waals surface area contributed by atoms with Gasteiger partial charge in [0.25, 0.3) is 5.91 Å². The summed E-state index contributed by atoms with van der Waals surface area (Å²) in [7, 11) is 0. The summed E-state index contributed by atoms with van der Waals surface area (Å²) < 4.78 is 0. The van der Waals surface area contributed by atoms with Gasteiger partial charge in [0.2, 0.25) is 0 Å². The zero-order valence-electron chi connectivity index (χ0n) is 14.6. The van der Waals surface area contributed by atoms with Crippen LogP contribution in [0.1, 0.15) is 47.9 Å². The average Bonchev–Trinajstić information content (AvgIpc) is 2.60. The van der Waals surface area contributed by atoms with Crippen LogP contribution in [-0.2, 0) is 6.42 Å². The number of aromatic hydroxyl groups is 1.